The second kappa shape index (κ2) is 2.60. The fraction of sp³-hybridized carbons (Fsp3) is 0. The lowest BCUT2D eigenvalue weighted by Crippen LogP contribution is -1.77. The molecule has 0 bridgehead atoms. The highest BCUT2D eigenvalue weighted by Gasteiger charge is 2.11. The molecule has 0 saturated heterocycles. The molecule has 3 aromatic rings. The van der Waals surface area contributed by atoms with Gasteiger partial charge in [0.1, 0.15) is 21.8 Å². The molecule has 0 saturated carbocycles. The number of fused-ring (bicyclic) bond motifs is 3. The Morgan fingerprint density at radius 2 is 2.08 bits per heavy atom. The molecule has 0 fully saturated rings. The van der Waals surface area contributed by atoms with Crippen LogP contribution in [0.15, 0.2) is 11.8 Å². The van der Waals surface area contributed by atoms with Gasteiger partial charge in [0.25, 0.3) is 0 Å². The standard InChI is InChI=1S/C7H2ClN3S2/c8-6-4-3(9-1-10-6)5-7(13-4)11-2-12-5/h1-2H. The van der Waals surface area contributed by atoms with Gasteiger partial charge < -0.3 is 0 Å². The van der Waals surface area contributed by atoms with Crippen LogP contribution in [0.2, 0.25) is 5.15 Å². The van der Waals surface area contributed by atoms with Crippen LogP contribution in [0.1, 0.15) is 0 Å². The van der Waals surface area contributed by atoms with Crippen molar-refractivity contribution in [2.45, 2.75) is 0 Å². The minimum atomic E-state index is 0.514. The molecule has 0 amide bonds. The van der Waals surface area contributed by atoms with E-state index >= 15 is 0 Å². The average Bonchev–Trinajstić information content (AvgIpc) is 2.65. The topological polar surface area (TPSA) is 38.7 Å². The van der Waals surface area contributed by atoms with Gasteiger partial charge in [0.15, 0.2) is 0 Å². The summed E-state index contributed by atoms with van der Waals surface area (Å²) in [7, 11) is 0. The number of thiazole rings is 1. The molecule has 0 N–H and O–H groups in total. The highest BCUT2D eigenvalue weighted by atomic mass is 35.5. The molecule has 0 aliphatic rings. The first-order valence-corrected chi connectivity index (χ1v) is 5.56. The zero-order valence-electron chi connectivity index (χ0n) is 6.19. The predicted molar refractivity (Wildman–Crippen MR) is 55.6 cm³/mol. The van der Waals surface area contributed by atoms with E-state index in [2.05, 4.69) is 15.0 Å². The smallest absolute Gasteiger partial charge is 0.150 e. The first-order valence-electron chi connectivity index (χ1n) is 3.48. The Morgan fingerprint density at radius 3 is 3.00 bits per heavy atom. The molecule has 0 unspecified atom stereocenters. The lowest BCUT2D eigenvalue weighted by atomic mass is 10.5. The van der Waals surface area contributed by atoms with Gasteiger partial charge in [0.05, 0.1) is 14.9 Å². The van der Waals surface area contributed by atoms with Crippen molar-refractivity contribution in [1.82, 2.24) is 15.0 Å². The molecule has 13 heavy (non-hydrogen) atoms. The monoisotopic (exact) mass is 227 g/mol. The van der Waals surface area contributed by atoms with Crippen LogP contribution in [-0.4, -0.2) is 15.0 Å². The van der Waals surface area contributed by atoms with E-state index in [-0.39, 0.29) is 0 Å². The summed E-state index contributed by atoms with van der Waals surface area (Å²) in [6.45, 7) is 0. The SMILES string of the molecule is Clc1ncnc2c1sc1ncsc12. The van der Waals surface area contributed by atoms with Crippen molar-refractivity contribution >= 4 is 54.0 Å². The summed E-state index contributed by atoms with van der Waals surface area (Å²) in [5.41, 5.74) is 2.74. The number of hydrogen-bond acceptors (Lipinski definition) is 5. The second-order valence-corrected chi connectivity index (χ2v) is 4.64. The molecule has 64 valence electrons. The zero-order valence-corrected chi connectivity index (χ0v) is 8.58. The Kier molecular flexibility index (Phi) is 1.52. The van der Waals surface area contributed by atoms with E-state index in [1.165, 1.54) is 17.7 Å². The Balaban J connectivity index is 2.66. The molecular formula is C7H2ClN3S2. The fourth-order valence-electron chi connectivity index (χ4n) is 1.17. The van der Waals surface area contributed by atoms with Crippen molar-refractivity contribution in [1.29, 1.82) is 0 Å². The molecule has 6 heteroatoms. The Hall–Kier alpha value is -0.780. The van der Waals surface area contributed by atoms with Crippen molar-refractivity contribution < 1.29 is 0 Å². The van der Waals surface area contributed by atoms with Crippen LogP contribution in [0.4, 0.5) is 0 Å². The summed E-state index contributed by atoms with van der Waals surface area (Å²) < 4.78 is 2.03. The lowest BCUT2D eigenvalue weighted by Gasteiger charge is -1.88. The van der Waals surface area contributed by atoms with Gasteiger partial charge in [-0.2, -0.15) is 0 Å². The molecular weight excluding hydrogens is 226 g/mol. The molecule has 3 nitrogen and oxygen atoms in total. The first-order chi connectivity index (χ1) is 6.36. The normalized spacial score (nSPS) is 11.5. The summed E-state index contributed by atoms with van der Waals surface area (Å²) in [6, 6.07) is 0. The number of hydrogen-bond donors (Lipinski definition) is 0. The van der Waals surface area contributed by atoms with Crippen LogP contribution < -0.4 is 0 Å². The first kappa shape index (κ1) is 7.61. The average molecular weight is 228 g/mol. The second-order valence-electron chi connectivity index (χ2n) is 2.43. The lowest BCUT2D eigenvalue weighted by molar-refractivity contribution is 1.23. The fourth-order valence-corrected chi connectivity index (χ4v) is 3.38. The molecule has 0 spiro atoms. The summed E-state index contributed by atoms with van der Waals surface area (Å²) in [5, 5.41) is 0.514. The van der Waals surface area contributed by atoms with E-state index in [4.69, 9.17) is 11.6 Å². The molecule has 0 radical (unpaired) electrons. The van der Waals surface area contributed by atoms with E-state index in [9.17, 15) is 0 Å². The van der Waals surface area contributed by atoms with Crippen LogP contribution in [0.5, 0.6) is 0 Å². The molecule has 3 aromatic heterocycles. The van der Waals surface area contributed by atoms with Gasteiger partial charge in [0, 0.05) is 0 Å². The van der Waals surface area contributed by atoms with Gasteiger partial charge in [-0.05, 0) is 0 Å². The third-order valence-electron chi connectivity index (χ3n) is 1.71. The van der Waals surface area contributed by atoms with Gasteiger partial charge in [0.2, 0.25) is 0 Å². The molecule has 0 atom stereocenters. The molecule has 0 aliphatic heterocycles. The zero-order chi connectivity index (χ0) is 8.84. The molecule has 0 aromatic carbocycles. The number of thiophene rings is 1. The van der Waals surface area contributed by atoms with Gasteiger partial charge in [-0.3, -0.25) is 0 Å². The number of halogens is 1. The van der Waals surface area contributed by atoms with Gasteiger partial charge >= 0.3 is 0 Å². The van der Waals surface area contributed by atoms with Crippen molar-refractivity contribution in [3.8, 4) is 0 Å². The third-order valence-corrected chi connectivity index (χ3v) is 4.16. The van der Waals surface area contributed by atoms with Crippen LogP contribution in [0, 0.1) is 0 Å². The molecule has 3 rings (SSSR count). The van der Waals surface area contributed by atoms with E-state index in [0.717, 1.165) is 19.7 Å². The minimum Gasteiger partial charge on any atom is -0.234 e. The van der Waals surface area contributed by atoms with E-state index in [0.29, 0.717) is 5.15 Å². The van der Waals surface area contributed by atoms with Crippen LogP contribution in [0.3, 0.4) is 0 Å². The third kappa shape index (κ3) is 0.979. The maximum Gasteiger partial charge on any atom is 0.150 e. The summed E-state index contributed by atoms with van der Waals surface area (Å²) >= 11 is 9.04. The van der Waals surface area contributed by atoms with Crippen molar-refractivity contribution in [3.63, 3.8) is 0 Å². The van der Waals surface area contributed by atoms with E-state index < -0.39 is 0 Å². The molecule has 0 aliphatic carbocycles. The van der Waals surface area contributed by atoms with Crippen LogP contribution in [-0.2, 0) is 0 Å². The summed E-state index contributed by atoms with van der Waals surface area (Å²) in [6.07, 6.45) is 1.48. The van der Waals surface area contributed by atoms with Crippen LogP contribution >= 0.6 is 34.3 Å². The van der Waals surface area contributed by atoms with E-state index in [1.54, 1.807) is 11.3 Å². The molecule has 3 heterocycles. The summed E-state index contributed by atoms with van der Waals surface area (Å²) in [5.74, 6) is 0. The Labute approximate surface area is 86.0 Å². The van der Waals surface area contributed by atoms with Crippen LogP contribution in [0.25, 0.3) is 19.7 Å². The highest BCUT2D eigenvalue weighted by molar-refractivity contribution is 7.31. The Morgan fingerprint density at radius 1 is 1.15 bits per heavy atom. The maximum absolute atomic E-state index is 5.92. The quantitative estimate of drug-likeness (QED) is 0.555. The summed E-state index contributed by atoms with van der Waals surface area (Å²) in [4.78, 5) is 13.3. The largest absolute Gasteiger partial charge is 0.234 e. The predicted octanol–water partition coefficient (Wildman–Crippen LogP) is 2.95. The van der Waals surface area contributed by atoms with E-state index in [1.807, 2.05) is 5.51 Å². The minimum absolute atomic E-state index is 0.514. The van der Waals surface area contributed by atoms with Gasteiger partial charge in [-0.15, -0.1) is 22.7 Å². The maximum atomic E-state index is 5.92. The van der Waals surface area contributed by atoms with Gasteiger partial charge in [-0.25, -0.2) is 15.0 Å². The van der Waals surface area contributed by atoms with Crippen molar-refractivity contribution in [3.05, 3.63) is 17.0 Å². The van der Waals surface area contributed by atoms with Gasteiger partial charge in [-0.1, -0.05) is 11.6 Å². The van der Waals surface area contributed by atoms with Crippen molar-refractivity contribution in [2.24, 2.45) is 0 Å². The van der Waals surface area contributed by atoms with Crippen molar-refractivity contribution in [2.75, 3.05) is 0 Å². The highest BCUT2D eigenvalue weighted by Crippen LogP contribution is 2.36. The number of rotatable bonds is 0. The Bertz CT molecular complexity index is 585. The number of aromatic nitrogens is 3. The number of nitrogens with zero attached hydrogens (tertiary/aromatic N) is 3.